The number of nitrogens with zero attached hydrogens (tertiary/aromatic N) is 2. The van der Waals surface area contributed by atoms with Gasteiger partial charge in [-0.1, -0.05) is 5.92 Å². The highest BCUT2D eigenvalue weighted by atomic mass is 16.6. The maximum atomic E-state index is 11.0. The van der Waals surface area contributed by atoms with Gasteiger partial charge in [0.1, 0.15) is 6.42 Å². The average molecular weight is 234 g/mol. The average Bonchev–Trinajstić information content (AvgIpc) is 2.30. The fourth-order valence-corrected chi connectivity index (χ4v) is 1.05. The molecule has 0 aromatic carbocycles. The Morgan fingerprint density at radius 2 is 2.41 bits per heavy atom. The molecule has 0 aliphatic rings. The lowest BCUT2D eigenvalue weighted by molar-refractivity contribution is -0.385. The lowest BCUT2D eigenvalue weighted by Gasteiger charge is -1.95. The second-order valence-electron chi connectivity index (χ2n) is 2.91. The van der Waals surface area contributed by atoms with E-state index < -0.39 is 10.9 Å². The van der Waals surface area contributed by atoms with Crippen LogP contribution in [-0.4, -0.2) is 22.5 Å². The van der Waals surface area contributed by atoms with Crippen molar-refractivity contribution in [2.24, 2.45) is 0 Å². The van der Waals surface area contributed by atoms with E-state index >= 15 is 0 Å². The van der Waals surface area contributed by atoms with Crippen molar-refractivity contribution in [1.82, 2.24) is 4.98 Å². The molecule has 1 aromatic heterocycles. The first-order valence-corrected chi connectivity index (χ1v) is 4.89. The van der Waals surface area contributed by atoms with Gasteiger partial charge < -0.3 is 4.74 Å². The molecule has 88 valence electrons. The monoisotopic (exact) mass is 234 g/mol. The highest BCUT2D eigenvalue weighted by molar-refractivity contribution is 5.72. The Kier molecular flexibility index (Phi) is 4.63. The van der Waals surface area contributed by atoms with E-state index in [2.05, 4.69) is 21.6 Å². The number of esters is 1. The molecule has 6 heteroatoms. The lowest BCUT2D eigenvalue weighted by Crippen LogP contribution is -2.01. The molecular weight excluding hydrogens is 224 g/mol. The van der Waals surface area contributed by atoms with Crippen molar-refractivity contribution < 1.29 is 14.5 Å². The summed E-state index contributed by atoms with van der Waals surface area (Å²) in [5.41, 5.74) is -0.134. The molecule has 0 N–H and O–H groups in total. The number of carbonyl (C=O) groups excluding carboxylic acids is 1. The molecule has 0 fully saturated rings. The van der Waals surface area contributed by atoms with Gasteiger partial charge in [-0.25, -0.2) is 4.98 Å². The third-order valence-corrected chi connectivity index (χ3v) is 1.73. The molecule has 1 rings (SSSR count). The van der Waals surface area contributed by atoms with Gasteiger partial charge >= 0.3 is 11.7 Å². The molecule has 0 unspecified atom stereocenters. The maximum Gasteiger partial charge on any atom is 0.317 e. The molecule has 0 spiro atoms. The van der Waals surface area contributed by atoms with Gasteiger partial charge in [-0.3, -0.25) is 14.9 Å². The second kappa shape index (κ2) is 6.23. The molecule has 0 bridgehead atoms. The summed E-state index contributed by atoms with van der Waals surface area (Å²) in [6.45, 7) is 1.97. The Labute approximate surface area is 97.8 Å². The molecule has 1 heterocycles. The first-order valence-electron chi connectivity index (χ1n) is 4.89. The predicted octanol–water partition coefficient (Wildman–Crippen LogP) is 1.29. The van der Waals surface area contributed by atoms with Gasteiger partial charge in [-0.15, -0.1) is 0 Å². The van der Waals surface area contributed by atoms with Crippen molar-refractivity contribution in [3.63, 3.8) is 0 Å². The van der Waals surface area contributed by atoms with Crippen LogP contribution in [0.3, 0.4) is 0 Å². The summed E-state index contributed by atoms with van der Waals surface area (Å²) >= 11 is 0. The van der Waals surface area contributed by atoms with E-state index in [0.29, 0.717) is 0 Å². The van der Waals surface area contributed by atoms with Crippen molar-refractivity contribution >= 4 is 11.7 Å². The molecule has 17 heavy (non-hydrogen) atoms. The Bertz CT molecular complexity index is 488. The molecule has 0 radical (unpaired) electrons. The molecular formula is C11H10N2O4. The maximum absolute atomic E-state index is 11.0. The minimum absolute atomic E-state index is 0.0433. The van der Waals surface area contributed by atoms with Gasteiger partial charge in [0.25, 0.3) is 0 Å². The van der Waals surface area contributed by atoms with Crippen LogP contribution in [0.4, 0.5) is 5.69 Å². The summed E-state index contributed by atoms with van der Waals surface area (Å²) in [4.78, 5) is 24.8. The third kappa shape index (κ3) is 3.91. The SMILES string of the molecule is CCOC(=O)CC#Cc1ncccc1[N+](=O)[O-]. The number of rotatable bonds is 3. The Morgan fingerprint density at radius 3 is 3.06 bits per heavy atom. The molecule has 0 amide bonds. The van der Waals surface area contributed by atoms with E-state index in [-0.39, 0.29) is 24.4 Å². The quantitative estimate of drug-likeness (QED) is 0.340. The van der Waals surface area contributed by atoms with Gasteiger partial charge in [-0.2, -0.15) is 0 Å². The van der Waals surface area contributed by atoms with Gasteiger partial charge in [0, 0.05) is 12.3 Å². The fraction of sp³-hybridized carbons (Fsp3) is 0.273. The molecule has 1 aromatic rings. The Morgan fingerprint density at radius 1 is 1.65 bits per heavy atom. The molecule has 0 saturated heterocycles. The number of hydrogen-bond acceptors (Lipinski definition) is 5. The molecule has 6 nitrogen and oxygen atoms in total. The zero-order valence-corrected chi connectivity index (χ0v) is 9.17. The molecule has 0 aliphatic carbocycles. The number of nitro groups is 1. The zero-order valence-electron chi connectivity index (χ0n) is 9.17. The number of carbonyl (C=O) groups is 1. The van der Waals surface area contributed by atoms with E-state index in [1.165, 1.54) is 18.3 Å². The van der Waals surface area contributed by atoms with Crippen LogP contribution in [0.25, 0.3) is 0 Å². The van der Waals surface area contributed by atoms with E-state index in [9.17, 15) is 14.9 Å². The van der Waals surface area contributed by atoms with Gasteiger partial charge in [0.05, 0.1) is 11.5 Å². The van der Waals surface area contributed by atoms with Crippen molar-refractivity contribution in [3.8, 4) is 11.8 Å². The number of hydrogen-bond donors (Lipinski definition) is 0. The van der Waals surface area contributed by atoms with Gasteiger partial charge in [0.15, 0.2) is 5.69 Å². The van der Waals surface area contributed by atoms with Crippen LogP contribution >= 0.6 is 0 Å². The van der Waals surface area contributed by atoms with E-state index in [4.69, 9.17) is 0 Å². The second-order valence-corrected chi connectivity index (χ2v) is 2.91. The summed E-state index contributed by atoms with van der Waals surface area (Å²) < 4.78 is 4.66. The van der Waals surface area contributed by atoms with Crippen LogP contribution in [0.1, 0.15) is 19.0 Å². The fourth-order valence-electron chi connectivity index (χ4n) is 1.05. The van der Waals surface area contributed by atoms with E-state index in [1.54, 1.807) is 6.92 Å². The van der Waals surface area contributed by atoms with Crippen LogP contribution in [0.15, 0.2) is 18.3 Å². The van der Waals surface area contributed by atoms with Crippen LogP contribution in [0, 0.1) is 22.0 Å². The topological polar surface area (TPSA) is 82.3 Å². The molecule has 0 aliphatic heterocycles. The standard InChI is InChI=1S/C11H10N2O4/c1-2-17-11(14)7-3-5-9-10(13(15)16)6-4-8-12-9/h4,6,8H,2,7H2,1H3. The first kappa shape index (κ1) is 12.6. The van der Waals surface area contributed by atoms with Crippen molar-refractivity contribution in [2.75, 3.05) is 6.61 Å². The van der Waals surface area contributed by atoms with Crippen LogP contribution in [0.2, 0.25) is 0 Å². The smallest absolute Gasteiger partial charge is 0.317 e. The van der Waals surface area contributed by atoms with Crippen LogP contribution in [-0.2, 0) is 9.53 Å². The predicted molar refractivity (Wildman–Crippen MR) is 59.0 cm³/mol. The van der Waals surface area contributed by atoms with Gasteiger partial charge in [-0.05, 0) is 18.9 Å². The highest BCUT2D eigenvalue weighted by Gasteiger charge is 2.11. The Balaban J connectivity index is 2.78. The summed E-state index contributed by atoms with van der Waals surface area (Å²) in [5, 5.41) is 10.6. The number of pyridine rings is 1. The normalized spacial score (nSPS) is 9.00. The van der Waals surface area contributed by atoms with Crippen molar-refractivity contribution in [1.29, 1.82) is 0 Å². The molecule has 0 atom stereocenters. The summed E-state index contributed by atoms with van der Waals surface area (Å²) in [6.07, 6.45) is 1.29. The molecule has 0 saturated carbocycles. The summed E-state index contributed by atoms with van der Waals surface area (Å²) in [6, 6.07) is 2.76. The highest BCUT2D eigenvalue weighted by Crippen LogP contribution is 2.13. The van der Waals surface area contributed by atoms with E-state index in [0.717, 1.165) is 0 Å². The number of ether oxygens (including phenoxy) is 1. The minimum Gasteiger partial charge on any atom is -0.465 e. The van der Waals surface area contributed by atoms with Gasteiger partial charge in [0.2, 0.25) is 0 Å². The van der Waals surface area contributed by atoms with E-state index in [1.807, 2.05) is 0 Å². The van der Waals surface area contributed by atoms with Crippen molar-refractivity contribution in [2.45, 2.75) is 13.3 Å². The summed E-state index contributed by atoms with van der Waals surface area (Å²) in [7, 11) is 0. The lowest BCUT2D eigenvalue weighted by atomic mass is 10.3. The van der Waals surface area contributed by atoms with Crippen LogP contribution in [0.5, 0.6) is 0 Å². The van der Waals surface area contributed by atoms with Crippen LogP contribution < -0.4 is 0 Å². The zero-order chi connectivity index (χ0) is 12.7. The minimum atomic E-state index is -0.568. The third-order valence-electron chi connectivity index (χ3n) is 1.73. The largest absolute Gasteiger partial charge is 0.465 e. The number of aromatic nitrogens is 1. The van der Waals surface area contributed by atoms with Crippen molar-refractivity contribution in [3.05, 3.63) is 34.1 Å². The summed E-state index contributed by atoms with van der Waals surface area (Å²) in [5.74, 6) is 4.51. The Hall–Kier alpha value is -2.42. The first-order chi connectivity index (χ1) is 8.15.